The van der Waals surface area contributed by atoms with Gasteiger partial charge in [-0.1, -0.05) is 13.8 Å². The van der Waals surface area contributed by atoms with Gasteiger partial charge in [-0.3, -0.25) is 4.79 Å². The summed E-state index contributed by atoms with van der Waals surface area (Å²) >= 11 is 0. The van der Waals surface area contributed by atoms with Crippen LogP contribution in [0.15, 0.2) is 0 Å². The Balaban J connectivity index is 0.000000125. The Morgan fingerprint density at radius 2 is 1.26 bits per heavy atom. The Labute approximate surface area is 209 Å². The van der Waals surface area contributed by atoms with E-state index in [4.69, 9.17) is 18.9 Å². The zero-order valence-corrected chi connectivity index (χ0v) is 21.5. The van der Waals surface area contributed by atoms with E-state index in [1.807, 2.05) is 0 Å². The van der Waals surface area contributed by atoms with Gasteiger partial charge in [-0.25, -0.2) is 0 Å². The van der Waals surface area contributed by atoms with Crippen LogP contribution in [0.1, 0.15) is 90.9 Å². The quantitative estimate of drug-likeness (QED) is 0.550. The molecule has 1 N–H and O–H groups in total. The summed E-state index contributed by atoms with van der Waals surface area (Å²) in [4.78, 5) is 12.0. The van der Waals surface area contributed by atoms with Crippen molar-refractivity contribution in [1.82, 2.24) is 0 Å². The Morgan fingerprint density at radius 3 is 1.89 bits per heavy atom. The predicted octanol–water partition coefficient (Wildman–Crippen LogP) is 4.97. The number of ether oxygens (including phenoxy) is 4. The Bertz CT molecular complexity index is 806. The van der Waals surface area contributed by atoms with E-state index in [0.717, 1.165) is 37.5 Å². The monoisotopic (exact) mass is 488 g/mol. The van der Waals surface area contributed by atoms with E-state index in [1.54, 1.807) is 0 Å². The topological polar surface area (TPSA) is 87.4 Å². The van der Waals surface area contributed by atoms with Gasteiger partial charge in [-0.2, -0.15) is 0 Å². The van der Waals surface area contributed by atoms with Crippen LogP contribution >= 0.6 is 0 Å². The van der Waals surface area contributed by atoms with Gasteiger partial charge in [0.05, 0.1) is 54.2 Å². The highest BCUT2D eigenvalue weighted by Gasteiger charge is 2.59. The number of aliphatic carboxylic acids is 1. The van der Waals surface area contributed by atoms with E-state index >= 15 is 0 Å². The van der Waals surface area contributed by atoms with Crippen molar-refractivity contribution in [2.75, 3.05) is 0 Å². The molecule has 0 aromatic carbocycles. The van der Waals surface area contributed by atoms with Crippen LogP contribution in [0.25, 0.3) is 0 Å². The minimum atomic E-state index is -0.606. The first-order valence-corrected chi connectivity index (χ1v) is 14.7. The molecule has 8 rings (SSSR count). The second kappa shape index (κ2) is 8.68. The molecule has 6 heteroatoms. The first-order chi connectivity index (χ1) is 16.9. The number of carbonyl (C=O) groups is 1. The minimum Gasteiger partial charge on any atom is -0.481 e. The molecule has 35 heavy (non-hydrogen) atoms. The summed E-state index contributed by atoms with van der Waals surface area (Å²) in [5.41, 5.74) is -0.571. The second-order valence-electron chi connectivity index (χ2n) is 13.7. The van der Waals surface area contributed by atoms with Crippen molar-refractivity contribution in [2.45, 2.75) is 140 Å². The van der Waals surface area contributed by atoms with Crippen molar-refractivity contribution in [2.24, 2.45) is 35.0 Å². The molecule has 14 unspecified atom stereocenters. The van der Waals surface area contributed by atoms with Crippen molar-refractivity contribution >= 4 is 5.97 Å². The Hall–Kier alpha value is -0.690. The summed E-state index contributed by atoms with van der Waals surface area (Å²) in [6, 6.07) is 0. The lowest BCUT2D eigenvalue weighted by molar-refractivity contribution is -0.156. The molecule has 0 bridgehead atoms. The molecule has 8 fully saturated rings. The zero-order chi connectivity index (χ0) is 23.9. The van der Waals surface area contributed by atoms with E-state index in [9.17, 15) is 9.90 Å². The largest absolute Gasteiger partial charge is 0.481 e. The van der Waals surface area contributed by atoms with Crippen LogP contribution in [0.2, 0.25) is 0 Å². The third-order valence-electron chi connectivity index (χ3n) is 11.4. The third kappa shape index (κ3) is 4.70. The summed E-state index contributed by atoms with van der Waals surface area (Å²) in [5.74, 6) is 2.62. The number of hydrogen-bond acceptors (Lipinski definition) is 5. The van der Waals surface area contributed by atoms with E-state index < -0.39 is 11.4 Å². The van der Waals surface area contributed by atoms with Crippen LogP contribution in [-0.2, 0) is 23.7 Å². The van der Waals surface area contributed by atoms with Crippen molar-refractivity contribution < 1.29 is 28.8 Å². The van der Waals surface area contributed by atoms with Gasteiger partial charge in [0, 0.05) is 0 Å². The average molecular weight is 489 g/mol. The lowest BCUT2D eigenvalue weighted by Gasteiger charge is -2.41. The maximum atomic E-state index is 12.0. The lowest BCUT2D eigenvalue weighted by atomic mass is 9.60. The number of carboxylic acid groups (broad SMARTS) is 1. The zero-order valence-electron chi connectivity index (χ0n) is 21.5. The van der Waals surface area contributed by atoms with Gasteiger partial charge in [-0.15, -0.1) is 0 Å². The molecule has 0 amide bonds. The highest BCUT2D eigenvalue weighted by atomic mass is 16.6. The smallest absolute Gasteiger partial charge is 0.310 e. The minimum absolute atomic E-state index is 0.214. The molecule has 6 nitrogen and oxygen atoms in total. The molecule has 4 saturated heterocycles. The van der Waals surface area contributed by atoms with E-state index in [1.165, 1.54) is 44.9 Å². The van der Waals surface area contributed by atoms with E-state index in [0.29, 0.717) is 61.0 Å². The van der Waals surface area contributed by atoms with Gasteiger partial charge in [0.2, 0.25) is 0 Å². The predicted molar refractivity (Wildman–Crippen MR) is 129 cm³/mol. The molecule has 14 atom stereocenters. The SMILES string of the molecule is C1CC2OC2CC1CC1CCC2OC2C1.CC1CC2OC2CC1CC1(C(=O)O)CC2OC2CC1C. The average Bonchev–Trinajstić information content (AvgIpc) is 3.65. The van der Waals surface area contributed by atoms with Crippen LogP contribution in [0.3, 0.4) is 0 Å². The Morgan fingerprint density at radius 1 is 0.714 bits per heavy atom. The van der Waals surface area contributed by atoms with Crippen LogP contribution in [0, 0.1) is 35.0 Å². The highest BCUT2D eigenvalue weighted by molar-refractivity contribution is 5.75. The van der Waals surface area contributed by atoms with E-state index in [2.05, 4.69) is 13.8 Å². The first-order valence-electron chi connectivity index (χ1n) is 14.7. The summed E-state index contributed by atoms with van der Waals surface area (Å²) in [6.07, 6.45) is 18.4. The van der Waals surface area contributed by atoms with Crippen LogP contribution in [-0.4, -0.2) is 59.9 Å². The molecule has 0 radical (unpaired) electrons. The number of rotatable bonds is 5. The normalized spacial score (nSPS) is 56.7. The number of carboxylic acids is 1. The fourth-order valence-electron chi connectivity index (χ4n) is 8.68. The molecule has 196 valence electrons. The molecule has 0 aromatic heterocycles. The van der Waals surface area contributed by atoms with Crippen LogP contribution in [0.4, 0.5) is 0 Å². The fraction of sp³-hybridized carbons (Fsp3) is 0.966. The molecule has 0 spiro atoms. The molecule has 0 aromatic rings. The molecular weight excluding hydrogens is 444 g/mol. The Kier molecular flexibility index (Phi) is 5.81. The van der Waals surface area contributed by atoms with Gasteiger partial charge >= 0.3 is 5.97 Å². The molecule has 4 saturated carbocycles. The summed E-state index contributed by atoms with van der Waals surface area (Å²) in [5, 5.41) is 9.90. The first kappa shape index (κ1) is 23.4. The summed E-state index contributed by atoms with van der Waals surface area (Å²) in [7, 11) is 0. The van der Waals surface area contributed by atoms with E-state index in [-0.39, 0.29) is 12.0 Å². The number of epoxide rings is 4. The summed E-state index contributed by atoms with van der Waals surface area (Å²) in [6.45, 7) is 4.37. The molecule has 4 aliphatic heterocycles. The number of fused-ring (bicyclic) bond motifs is 4. The third-order valence-corrected chi connectivity index (χ3v) is 11.4. The van der Waals surface area contributed by atoms with Gasteiger partial charge in [-0.05, 0) is 107 Å². The van der Waals surface area contributed by atoms with Crippen LogP contribution in [0.5, 0.6) is 0 Å². The molecule has 4 aliphatic carbocycles. The van der Waals surface area contributed by atoms with Crippen molar-refractivity contribution in [1.29, 1.82) is 0 Å². The van der Waals surface area contributed by atoms with Gasteiger partial charge < -0.3 is 24.1 Å². The van der Waals surface area contributed by atoms with Crippen molar-refractivity contribution in [3.63, 3.8) is 0 Å². The number of hydrogen-bond donors (Lipinski definition) is 1. The molecule has 4 heterocycles. The van der Waals surface area contributed by atoms with Crippen molar-refractivity contribution in [3.8, 4) is 0 Å². The highest BCUT2D eigenvalue weighted by Crippen LogP contribution is 2.56. The summed E-state index contributed by atoms with van der Waals surface area (Å²) < 4.78 is 22.5. The van der Waals surface area contributed by atoms with Gasteiger partial charge in [0.1, 0.15) is 0 Å². The molecular formula is C29H44O6. The maximum Gasteiger partial charge on any atom is 0.310 e. The molecule has 8 aliphatic rings. The van der Waals surface area contributed by atoms with Gasteiger partial charge in [0.25, 0.3) is 0 Å². The maximum absolute atomic E-state index is 12.0. The van der Waals surface area contributed by atoms with Gasteiger partial charge in [0.15, 0.2) is 0 Å². The fourth-order valence-corrected chi connectivity index (χ4v) is 8.68. The van der Waals surface area contributed by atoms with Crippen LogP contribution < -0.4 is 0 Å². The van der Waals surface area contributed by atoms with Crippen molar-refractivity contribution in [3.05, 3.63) is 0 Å². The standard InChI is InChI=1S/C16H24O4.C13H20O2/c1-8-3-11-13(19-11)5-10(8)6-16(15(17)18)7-14-12(20-14)4-9(16)2;1-3-10-12(14-10)6-8(1)5-9-2-4-11-13(7-9)15-11/h8-14H,3-7H2,1-2H3,(H,17,18);8-13H,1-7H2. The lowest BCUT2D eigenvalue weighted by Crippen LogP contribution is -2.45. The second-order valence-corrected chi connectivity index (χ2v) is 13.7.